The lowest BCUT2D eigenvalue weighted by atomic mass is 9.77. The van der Waals surface area contributed by atoms with Crippen LogP contribution in [0.4, 0.5) is 5.69 Å². The summed E-state index contributed by atoms with van der Waals surface area (Å²) in [5.41, 5.74) is 2.30. The van der Waals surface area contributed by atoms with Crippen LogP contribution in [0, 0.1) is 11.8 Å². The molecular formula is C26H33N3O2S. The average Bonchev–Trinajstić information content (AvgIpc) is 3.52. The normalized spacial score (nSPS) is 23.9. The highest BCUT2D eigenvalue weighted by atomic mass is 32.1. The maximum absolute atomic E-state index is 13.6. The molecule has 2 fully saturated rings. The van der Waals surface area contributed by atoms with Gasteiger partial charge in [0.2, 0.25) is 11.8 Å². The van der Waals surface area contributed by atoms with E-state index in [1.165, 1.54) is 10.4 Å². The largest absolute Gasteiger partial charge is 0.340 e. The van der Waals surface area contributed by atoms with Gasteiger partial charge in [0.15, 0.2) is 0 Å². The van der Waals surface area contributed by atoms with Crippen molar-refractivity contribution in [3.8, 4) is 0 Å². The molecule has 3 heterocycles. The van der Waals surface area contributed by atoms with Crippen molar-refractivity contribution in [3.05, 3.63) is 52.2 Å². The molecule has 2 atom stereocenters. The Morgan fingerprint density at radius 3 is 2.38 bits per heavy atom. The molecule has 1 aromatic heterocycles. The van der Waals surface area contributed by atoms with Crippen LogP contribution in [-0.4, -0.2) is 60.9 Å². The van der Waals surface area contributed by atoms with E-state index in [4.69, 9.17) is 0 Å². The Kier molecular flexibility index (Phi) is 6.60. The maximum Gasteiger partial charge on any atom is 0.230 e. The Labute approximate surface area is 195 Å². The van der Waals surface area contributed by atoms with E-state index in [2.05, 4.69) is 34.5 Å². The van der Waals surface area contributed by atoms with Crippen LogP contribution in [0.5, 0.6) is 0 Å². The monoisotopic (exact) mass is 451 g/mol. The van der Waals surface area contributed by atoms with Gasteiger partial charge in [-0.15, -0.1) is 11.3 Å². The molecule has 1 aromatic carbocycles. The first-order chi connectivity index (χ1) is 15.7. The van der Waals surface area contributed by atoms with Crippen molar-refractivity contribution < 1.29 is 9.59 Å². The van der Waals surface area contributed by atoms with Crippen molar-refractivity contribution >= 4 is 28.8 Å². The molecule has 2 aromatic rings. The molecule has 0 spiro atoms. The molecule has 32 heavy (non-hydrogen) atoms. The smallest absolute Gasteiger partial charge is 0.230 e. The predicted octanol–water partition coefficient (Wildman–Crippen LogP) is 3.83. The van der Waals surface area contributed by atoms with Gasteiger partial charge in [0.25, 0.3) is 0 Å². The van der Waals surface area contributed by atoms with Gasteiger partial charge in [0.1, 0.15) is 0 Å². The second-order valence-corrected chi connectivity index (χ2v) is 10.4. The fourth-order valence-corrected chi connectivity index (χ4v) is 6.34. The fraction of sp³-hybridized carbons (Fsp3) is 0.538. The lowest BCUT2D eigenvalue weighted by Gasteiger charge is -2.39. The minimum atomic E-state index is -0.167. The highest BCUT2D eigenvalue weighted by molar-refractivity contribution is 7.09. The van der Waals surface area contributed by atoms with Gasteiger partial charge in [-0.2, -0.15) is 0 Å². The second kappa shape index (κ2) is 9.75. The van der Waals surface area contributed by atoms with Crippen LogP contribution in [0.15, 0.2) is 41.8 Å². The SMILES string of the molecule is O=C(C1CCCCC1C(=O)N1CCc2ccccc21)N1CCN(CCc2cccs2)CC1. The van der Waals surface area contributed by atoms with Crippen LogP contribution in [0.3, 0.4) is 0 Å². The number of amides is 2. The fourth-order valence-electron chi connectivity index (χ4n) is 5.64. The topological polar surface area (TPSA) is 43.9 Å². The Hall–Kier alpha value is -2.18. The molecular weight excluding hydrogens is 418 g/mol. The first-order valence-corrected chi connectivity index (χ1v) is 13.0. The van der Waals surface area contributed by atoms with Crippen LogP contribution in [0.1, 0.15) is 36.1 Å². The Bertz CT molecular complexity index is 936. The van der Waals surface area contributed by atoms with Gasteiger partial charge in [-0.25, -0.2) is 0 Å². The molecule has 2 unspecified atom stereocenters. The first kappa shape index (κ1) is 21.7. The summed E-state index contributed by atoms with van der Waals surface area (Å²) >= 11 is 1.82. The molecule has 6 heteroatoms. The first-order valence-electron chi connectivity index (χ1n) is 12.1. The summed E-state index contributed by atoms with van der Waals surface area (Å²) in [7, 11) is 0. The molecule has 1 aliphatic carbocycles. The number of carbonyl (C=O) groups is 2. The van der Waals surface area contributed by atoms with E-state index in [1.54, 1.807) is 0 Å². The molecule has 0 N–H and O–H groups in total. The molecule has 1 saturated heterocycles. The Balaban J connectivity index is 1.20. The highest BCUT2D eigenvalue weighted by Gasteiger charge is 2.41. The van der Waals surface area contributed by atoms with Gasteiger partial charge in [-0.1, -0.05) is 37.1 Å². The number of carbonyl (C=O) groups excluding carboxylic acids is 2. The summed E-state index contributed by atoms with van der Waals surface area (Å²) in [4.78, 5) is 35.0. The molecule has 2 aliphatic heterocycles. The van der Waals surface area contributed by atoms with Gasteiger partial charge >= 0.3 is 0 Å². The minimum absolute atomic E-state index is 0.151. The summed E-state index contributed by atoms with van der Waals surface area (Å²) in [5.74, 6) is 0.0666. The van der Waals surface area contributed by atoms with Gasteiger partial charge < -0.3 is 9.80 Å². The van der Waals surface area contributed by atoms with Crippen LogP contribution in [-0.2, 0) is 22.4 Å². The lowest BCUT2D eigenvalue weighted by Crippen LogP contribution is -2.53. The number of fused-ring (bicyclic) bond motifs is 1. The third-order valence-electron chi connectivity index (χ3n) is 7.49. The molecule has 5 nitrogen and oxygen atoms in total. The van der Waals surface area contributed by atoms with Crippen molar-refractivity contribution in [2.24, 2.45) is 11.8 Å². The van der Waals surface area contributed by atoms with E-state index in [0.29, 0.717) is 0 Å². The van der Waals surface area contributed by atoms with E-state index >= 15 is 0 Å². The zero-order valence-corrected chi connectivity index (χ0v) is 19.6. The number of nitrogens with zero attached hydrogens (tertiary/aromatic N) is 3. The minimum Gasteiger partial charge on any atom is -0.340 e. The van der Waals surface area contributed by atoms with E-state index in [-0.39, 0.29) is 23.7 Å². The van der Waals surface area contributed by atoms with Crippen molar-refractivity contribution in [1.82, 2.24) is 9.80 Å². The van der Waals surface area contributed by atoms with Crippen LogP contribution in [0.25, 0.3) is 0 Å². The molecule has 0 bridgehead atoms. The summed E-state index contributed by atoms with van der Waals surface area (Å²) < 4.78 is 0. The molecule has 170 valence electrons. The van der Waals surface area contributed by atoms with Gasteiger partial charge in [-0.05, 0) is 48.8 Å². The molecule has 3 aliphatic rings. The van der Waals surface area contributed by atoms with Crippen LogP contribution < -0.4 is 4.90 Å². The number of hydrogen-bond donors (Lipinski definition) is 0. The number of rotatable bonds is 5. The Morgan fingerprint density at radius 1 is 0.875 bits per heavy atom. The van der Waals surface area contributed by atoms with Crippen molar-refractivity contribution in [2.75, 3.05) is 44.2 Å². The number of thiophene rings is 1. The van der Waals surface area contributed by atoms with Gasteiger partial charge in [0.05, 0.1) is 5.92 Å². The van der Waals surface area contributed by atoms with E-state index in [1.807, 2.05) is 33.3 Å². The quantitative estimate of drug-likeness (QED) is 0.694. The van der Waals surface area contributed by atoms with E-state index in [0.717, 1.165) is 83.5 Å². The number of hydrogen-bond acceptors (Lipinski definition) is 4. The van der Waals surface area contributed by atoms with Crippen molar-refractivity contribution in [3.63, 3.8) is 0 Å². The lowest BCUT2D eigenvalue weighted by molar-refractivity contribution is -0.144. The van der Waals surface area contributed by atoms with Gasteiger partial charge in [0, 0.05) is 55.8 Å². The third kappa shape index (κ3) is 4.48. The number of para-hydroxylation sites is 1. The van der Waals surface area contributed by atoms with Crippen LogP contribution >= 0.6 is 11.3 Å². The standard InChI is InChI=1S/C26H33N3O2S/c30-25(28-17-15-27(16-18-28)13-12-21-7-5-19-32-21)22-8-2-3-9-23(22)26(31)29-14-11-20-6-1-4-10-24(20)29/h1,4-7,10,19,22-23H,2-3,8-9,11-18H2. The zero-order chi connectivity index (χ0) is 21.9. The number of anilines is 1. The molecule has 0 radical (unpaired) electrons. The summed E-state index contributed by atoms with van der Waals surface area (Å²) in [6, 6.07) is 12.5. The molecule has 5 rings (SSSR count). The Morgan fingerprint density at radius 2 is 1.62 bits per heavy atom. The molecule has 1 saturated carbocycles. The summed E-state index contributed by atoms with van der Waals surface area (Å²) in [5, 5.41) is 2.13. The van der Waals surface area contributed by atoms with Crippen molar-refractivity contribution in [1.29, 1.82) is 0 Å². The van der Waals surface area contributed by atoms with Gasteiger partial charge in [-0.3, -0.25) is 14.5 Å². The summed E-state index contributed by atoms with van der Waals surface area (Å²) in [6.45, 7) is 5.24. The van der Waals surface area contributed by atoms with Crippen LogP contribution in [0.2, 0.25) is 0 Å². The summed E-state index contributed by atoms with van der Waals surface area (Å²) in [6.07, 6.45) is 5.80. The maximum atomic E-state index is 13.6. The third-order valence-corrected chi connectivity index (χ3v) is 8.43. The zero-order valence-electron chi connectivity index (χ0n) is 18.7. The second-order valence-electron chi connectivity index (χ2n) is 9.36. The van der Waals surface area contributed by atoms with Crippen molar-refractivity contribution in [2.45, 2.75) is 38.5 Å². The number of piperazine rings is 1. The number of benzene rings is 1. The molecule has 2 amide bonds. The highest BCUT2D eigenvalue weighted by Crippen LogP contribution is 2.36. The average molecular weight is 452 g/mol. The predicted molar refractivity (Wildman–Crippen MR) is 129 cm³/mol. The van der Waals surface area contributed by atoms with E-state index < -0.39 is 0 Å². The van der Waals surface area contributed by atoms with E-state index in [9.17, 15) is 9.59 Å².